The quantitative estimate of drug-likeness (QED) is 0.826. The van der Waals surface area contributed by atoms with Gasteiger partial charge in [0.2, 0.25) is 0 Å². The van der Waals surface area contributed by atoms with Gasteiger partial charge in [-0.1, -0.05) is 13.8 Å². The Morgan fingerprint density at radius 2 is 2.31 bits per heavy atom. The third-order valence-electron chi connectivity index (χ3n) is 3.27. The van der Waals surface area contributed by atoms with Crippen molar-refractivity contribution >= 4 is 11.6 Å². The summed E-state index contributed by atoms with van der Waals surface area (Å²) in [4.78, 5) is 10.8. The molecule has 1 aliphatic rings. The summed E-state index contributed by atoms with van der Waals surface area (Å²) in [5, 5.41) is 0. The van der Waals surface area contributed by atoms with Crippen molar-refractivity contribution in [3.8, 4) is 0 Å². The SMILES string of the molecule is CCc1c(N)ncnc1N1CCCC(C)C1. The fourth-order valence-corrected chi connectivity index (χ4v) is 2.41. The van der Waals surface area contributed by atoms with E-state index < -0.39 is 0 Å². The van der Waals surface area contributed by atoms with E-state index in [4.69, 9.17) is 5.73 Å². The van der Waals surface area contributed by atoms with Gasteiger partial charge in [0.15, 0.2) is 0 Å². The number of hydrogen-bond acceptors (Lipinski definition) is 4. The largest absolute Gasteiger partial charge is 0.383 e. The van der Waals surface area contributed by atoms with Crippen molar-refractivity contribution in [2.75, 3.05) is 23.7 Å². The standard InChI is InChI=1S/C12H20N4/c1-3-10-11(13)14-8-15-12(10)16-6-4-5-9(2)7-16/h8-9H,3-7H2,1-2H3,(H2,13,14,15). The highest BCUT2D eigenvalue weighted by Gasteiger charge is 2.20. The second kappa shape index (κ2) is 4.68. The predicted octanol–water partition coefficient (Wildman–Crippen LogP) is 1.86. The zero-order chi connectivity index (χ0) is 11.5. The lowest BCUT2D eigenvalue weighted by Crippen LogP contribution is -2.35. The average molecular weight is 220 g/mol. The maximum Gasteiger partial charge on any atom is 0.137 e. The topological polar surface area (TPSA) is 55.0 Å². The van der Waals surface area contributed by atoms with Gasteiger partial charge in [0.05, 0.1) is 0 Å². The highest BCUT2D eigenvalue weighted by atomic mass is 15.2. The molecule has 1 unspecified atom stereocenters. The summed E-state index contributed by atoms with van der Waals surface area (Å²) in [6.45, 7) is 6.57. The van der Waals surface area contributed by atoms with Crippen LogP contribution in [0.1, 0.15) is 32.3 Å². The van der Waals surface area contributed by atoms with Crippen LogP contribution in [-0.2, 0) is 6.42 Å². The first-order valence-electron chi connectivity index (χ1n) is 6.06. The van der Waals surface area contributed by atoms with Crippen molar-refractivity contribution < 1.29 is 0 Å². The van der Waals surface area contributed by atoms with E-state index in [1.54, 1.807) is 6.33 Å². The molecule has 0 aliphatic carbocycles. The van der Waals surface area contributed by atoms with Gasteiger partial charge in [-0.05, 0) is 25.2 Å². The highest BCUT2D eigenvalue weighted by molar-refractivity contribution is 5.56. The van der Waals surface area contributed by atoms with Crippen LogP contribution in [0.2, 0.25) is 0 Å². The lowest BCUT2D eigenvalue weighted by Gasteiger charge is -2.33. The molecule has 0 bridgehead atoms. The van der Waals surface area contributed by atoms with Gasteiger partial charge in [0.25, 0.3) is 0 Å². The van der Waals surface area contributed by atoms with Crippen molar-refractivity contribution in [2.24, 2.45) is 5.92 Å². The van der Waals surface area contributed by atoms with Gasteiger partial charge in [-0.3, -0.25) is 0 Å². The molecule has 1 aromatic heterocycles. The van der Waals surface area contributed by atoms with Crippen LogP contribution in [0.3, 0.4) is 0 Å². The molecule has 0 spiro atoms. The summed E-state index contributed by atoms with van der Waals surface area (Å²) in [6, 6.07) is 0. The molecule has 0 amide bonds. The molecule has 2 N–H and O–H groups in total. The number of aromatic nitrogens is 2. The Hall–Kier alpha value is -1.32. The molecule has 1 atom stereocenters. The van der Waals surface area contributed by atoms with E-state index in [0.29, 0.717) is 5.82 Å². The van der Waals surface area contributed by atoms with Gasteiger partial charge in [-0.2, -0.15) is 0 Å². The molecule has 2 rings (SSSR count). The molecular formula is C12H20N4. The Labute approximate surface area is 96.9 Å². The van der Waals surface area contributed by atoms with E-state index in [1.807, 2.05) is 0 Å². The van der Waals surface area contributed by atoms with E-state index in [-0.39, 0.29) is 0 Å². The number of nitrogens with zero attached hydrogens (tertiary/aromatic N) is 3. The van der Waals surface area contributed by atoms with E-state index in [1.165, 1.54) is 12.8 Å². The monoisotopic (exact) mass is 220 g/mol. The van der Waals surface area contributed by atoms with Crippen LogP contribution in [0.4, 0.5) is 11.6 Å². The normalized spacial score (nSPS) is 21.1. The minimum absolute atomic E-state index is 0.630. The minimum Gasteiger partial charge on any atom is -0.383 e. The molecule has 2 heterocycles. The molecule has 0 saturated carbocycles. The van der Waals surface area contributed by atoms with Crippen molar-refractivity contribution in [1.82, 2.24) is 9.97 Å². The summed E-state index contributed by atoms with van der Waals surface area (Å²) < 4.78 is 0. The summed E-state index contributed by atoms with van der Waals surface area (Å²) >= 11 is 0. The lowest BCUT2D eigenvalue weighted by molar-refractivity contribution is 0.444. The Bertz CT molecular complexity index is 364. The van der Waals surface area contributed by atoms with Crippen LogP contribution in [0.25, 0.3) is 0 Å². The molecule has 1 saturated heterocycles. The maximum atomic E-state index is 5.90. The third kappa shape index (κ3) is 2.10. The second-order valence-electron chi connectivity index (χ2n) is 4.61. The van der Waals surface area contributed by atoms with E-state index in [9.17, 15) is 0 Å². The van der Waals surface area contributed by atoms with Crippen LogP contribution >= 0.6 is 0 Å². The average Bonchev–Trinajstić information content (AvgIpc) is 2.28. The zero-order valence-electron chi connectivity index (χ0n) is 10.1. The number of hydrogen-bond donors (Lipinski definition) is 1. The number of anilines is 2. The first-order chi connectivity index (χ1) is 7.72. The Morgan fingerprint density at radius 3 is 3.00 bits per heavy atom. The number of nitrogen functional groups attached to an aromatic ring is 1. The molecule has 1 aliphatic heterocycles. The van der Waals surface area contributed by atoms with Gasteiger partial charge >= 0.3 is 0 Å². The van der Waals surface area contributed by atoms with Crippen molar-refractivity contribution in [2.45, 2.75) is 33.1 Å². The molecule has 4 heteroatoms. The summed E-state index contributed by atoms with van der Waals surface area (Å²) in [5.41, 5.74) is 6.99. The van der Waals surface area contributed by atoms with E-state index in [0.717, 1.165) is 36.8 Å². The predicted molar refractivity (Wildman–Crippen MR) is 66.4 cm³/mol. The number of nitrogens with two attached hydrogens (primary N) is 1. The minimum atomic E-state index is 0.630. The maximum absolute atomic E-state index is 5.90. The molecule has 88 valence electrons. The van der Waals surface area contributed by atoms with Crippen molar-refractivity contribution in [1.29, 1.82) is 0 Å². The van der Waals surface area contributed by atoms with Crippen LogP contribution in [0, 0.1) is 5.92 Å². The Balaban J connectivity index is 2.28. The molecule has 1 aromatic rings. The van der Waals surface area contributed by atoms with Crippen LogP contribution in [0.15, 0.2) is 6.33 Å². The van der Waals surface area contributed by atoms with Gasteiger partial charge in [-0.15, -0.1) is 0 Å². The number of rotatable bonds is 2. The fraction of sp³-hybridized carbons (Fsp3) is 0.667. The van der Waals surface area contributed by atoms with Crippen LogP contribution in [-0.4, -0.2) is 23.1 Å². The summed E-state index contributed by atoms with van der Waals surface area (Å²) in [5.74, 6) is 2.42. The molecule has 0 radical (unpaired) electrons. The molecule has 4 nitrogen and oxygen atoms in total. The van der Waals surface area contributed by atoms with Crippen LogP contribution in [0.5, 0.6) is 0 Å². The van der Waals surface area contributed by atoms with E-state index >= 15 is 0 Å². The first kappa shape index (κ1) is 11.2. The van der Waals surface area contributed by atoms with Crippen molar-refractivity contribution in [3.63, 3.8) is 0 Å². The van der Waals surface area contributed by atoms with Gasteiger partial charge in [0.1, 0.15) is 18.0 Å². The van der Waals surface area contributed by atoms with E-state index in [2.05, 4.69) is 28.7 Å². The Morgan fingerprint density at radius 1 is 1.50 bits per heavy atom. The first-order valence-corrected chi connectivity index (χ1v) is 6.06. The lowest BCUT2D eigenvalue weighted by atomic mass is 10.00. The summed E-state index contributed by atoms with van der Waals surface area (Å²) in [7, 11) is 0. The second-order valence-corrected chi connectivity index (χ2v) is 4.61. The number of piperidine rings is 1. The zero-order valence-corrected chi connectivity index (χ0v) is 10.1. The third-order valence-corrected chi connectivity index (χ3v) is 3.27. The molecular weight excluding hydrogens is 200 g/mol. The molecule has 0 aromatic carbocycles. The van der Waals surface area contributed by atoms with Crippen LogP contribution < -0.4 is 10.6 Å². The fourth-order valence-electron chi connectivity index (χ4n) is 2.41. The molecule has 16 heavy (non-hydrogen) atoms. The Kier molecular flexibility index (Phi) is 3.27. The molecule has 1 fully saturated rings. The highest BCUT2D eigenvalue weighted by Crippen LogP contribution is 2.26. The van der Waals surface area contributed by atoms with Gasteiger partial charge < -0.3 is 10.6 Å². The summed E-state index contributed by atoms with van der Waals surface area (Å²) in [6.07, 6.45) is 5.03. The smallest absolute Gasteiger partial charge is 0.137 e. The van der Waals surface area contributed by atoms with Gasteiger partial charge in [-0.25, -0.2) is 9.97 Å². The van der Waals surface area contributed by atoms with Gasteiger partial charge in [0, 0.05) is 18.7 Å². The van der Waals surface area contributed by atoms with Crippen molar-refractivity contribution in [3.05, 3.63) is 11.9 Å².